The molecule has 0 heterocycles. The van der Waals surface area contributed by atoms with Gasteiger partial charge in [-0.25, -0.2) is 15.4 Å². The third-order valence-corrected chi connectivity index (χ3v) is 4.38. The first kappa shape index (κ1) is 19.2. The van der Waals surface area contributed by atoms with Crippen LogP contribution in [0.15, 0.2) is 58.5 Å². The number of hydrazone groups is 1. The van der Waals surface area contributed by atoms with Crippen molar-refractivity contribution in [1.29, 1.82) is 0 Å². The van der Waals surface area contributed by atoms with E-state index in [1.165, 1.54) is 29.2 Å². The number of halogens is 1. The number of hydrogen-bond donors (Lipinski definition) is 4. The summed E-state index contributed by atoms with van der Waals surface area (Å²) in [6.45, 7) is 2.46. The summed E-state index contributed by atoms with van der Waals surface area (Å²) in [5.74, 6) is 5.96. The molecule has 8 heteroatoms. The second-order valence-corrected chi connectivity index (χ2v) is 6.30. The van der Waals surface area contributed by atoms with Crippen LogP contribution in [0.1, 0.15) is 24.1 Å². The van der Waals surface area contributed by atoms with Gasteiger partial charge in [0.1, 0.15) is 5.82 Å². The molecular formula is C17H22FN5OS. The summed E-state index contributed by atoms with van der Waals surface area (Å²) in [6, 6.07) is 13.3. The van der Waals surface area contributed by atoms with Crippen LogP contribution in [0.2, 0.25) is 0 Å². The van der Waals surface area contributed by atoms with Gasteiger partial charge in [-0.15, -0.1) is 5.10 Å². The molecule has 2 aromatic carbocycles. The maximum atomic E-state index is 13.0. The van der Waals surface area contributed by atoms with Crippen molar-refractivity contribution in [3.05, 3.63) is 65.5 Å². The Balaban J connectivity index is 2.02. The molecule has 0 bridgehead atoms. The molecule has 0 amide bonds. The monoisotopic (exact) mass is 363 g/mol. The Labute approximate surface area is 150 Å². The molecule has 2 aromatic rings. The highest BCUT2D eigenvalue weighted by molar-refractivity contribution is 7.97. The van der Waals surface area contributed by atoms with Gasteiger partial charge in [-0.05, 0) is 48.7 Å². The molecule has 0 spiro atoms. The minimum atomic E-state index is -0.297. The second-order valence-electron chi connectivity index (χ2n) is 5.34. The molecule has 2 rings (SSSR count). The molecule has 0 aliphatic heterocycles. The molecule has 134 valence electrons. The summed E-state index contributed by atoms with van der Waals surface area (Å²) >= 11 is 1.43. The fourth-order valence-corrected chi connectivity index (χ4v) is 2.67. The van der Waals surface area contributed by atoms with Crippen LogP contribution in [-0.4, -0.2) is 29.2 Å². The second kappa shape index (κ2) is 9.38. The van der Waals surface area contributed by atoms with Gasteiger partial charge in [-0.3, -0.25) is 4.72 Å². The number of nitrogens with zero attached hydrogens (tertiary/aromatic N) is 2. The Morgan fingerprint density at radius 2 is 1.88 bits per heavy atom. The first-order valence-electron chi connectivity index (χ1n) is 7.75. The average molecular weight is 363 g/mol. The largest absolute Gasteiger partial charge is 0.395 e. The molecule has 1 unspecified atom stereocenters. The summed E-state index contributed by atoms with van der Waals surface area (Å²) in [5.41, 5.74) is 7.60. The van der Waals surface area contributed by atoms with Crippen molar-refractivity contribution < 1.29 is 9.50 Å². The van der Waals surface area contributed by atoms with Crippen LogP contribution in [0.5, 0.6) is 0 Å². The lowest BCUT2D eigenvalue weighted by Crippen LogP contribution is -2.32. The van der Waals surface area contributed by atoms with Gasteiger partial charge in [0.2, 0.25) is 0 Å². The van der Waals surface area contributed by atoms with Crippen molar-refractivity contribution >= 4 is 17.8 Å². The van der Waals surface area contributed by atoms with Crippen molar-refractivity contribution in [1.82, 2.24) is 9.84 Å². The van der Waals surface area contributed by atoms with Gasteiger partial charge in [-0.2, -0.15) is 0 Å². The molecule has 0 aromatic heterocycles. The van der Waals surface area contributed by atoms with Crippen molar-refractivity contribution in [2.45, 2.75) is 17.9 Å². The van der Waals surface area contributed by atoms with Crippen molar-refractivity contribution in [2.75, 3.05) is 13.2 Å². The molecule has 1 atom stereocenters. The Morgan fingerprint density at radius 1 is 1.24 bits per heavy atom. The molecule has 25 heavy (non-hydrogen) atoms. The van der Waals surface area contributed by atoms with E-state index in [0.29, 0.717) is 6.54 Å². The fraction of sp³-hybridized carbons (Fsp3) is 0.235. The lowest BCUT2D eigenvalue weighted by atomic mass is 10.1. The van der Waals surface area contributed by atoms with Gasteiger partial charge in [0.25, 0.3) is 0 Å². The molecular weight excluding hydrogens is 341 g/mol. The van der Waals surface area contributed by atoms with Gasteiger partial charge >= 0.3 is 0 Å². The van der Waals surface area contributed by atoms with Gasteiger partial charge in [0, 0.05) is 17.0 Å². The van der Waals surface area contributed by atoms with Gasteiger partial charge in [-0.1, -0.05) is 24.3 Å². The molecule has 0 aliphatic carbocycles. The van der Waals surface area contributed by atoms with Gasteiger partial charge in [0.15, 0.2) is 5.84 Å². The van der Waals surface area contributed by atoms with Crippen molar-refractivity contribution in [3.63, 3.8) is 0 Å². The molecule has 0 radical (unpaired) electrons. The fourth-order valence-electron chi connectivity index (χ4n) is 2.04. The average Bonchev–Trinajstić information content (AvgIpc) is 2.62. The van der Waals surface area contributed by atoms with Crippen LogP contribution in [0.4, 0.5) is 4.39 Å². The Morgan fingerprint density at radius 3 is 2.48 bits per heavy atom. The van der Waals surface area contributed by atoms with Crippen LogP contribution in [0, 0.1) is 5.82 Å². The number of aliphatic hydroxyl groups excluding tert-OH is 1. The normalized spacial score (nSPS) is 12.9. The number of amidine groups is 1. The standard InChI is InChI=1S/C17H22FN5OS/c1-12(13-2-6-15(18)7-3-13)23(20)22-17(19)14-4-8-16(9-5-14)25-21-10-11-24/h2-9,12,21,24H,10-11,20H2,1H3,(H2,19,22). The number of nitrogens with two attached hydrogens (primary N) is 2. The van der Waals surface area contributed by atoms with Crippen molar-refractivity contribution in [3.8, 4) is 0 Å². The van der Waals surface area contributed by atoms with Crippen LogP contribution in [0.3, 0.4) is 0 Å². The highest BCUT2D eigenvalue weighted by Gasteiger charge is 2.12. The van der Waals surface area contributed by atoms with E-state index in [9.17, 15) is 4.39 Å². The summed E-state index contributed by atoms with van der Waals surface area (Å²) < 4.78 is 16.0. The predicted octanol–water partition coefficient (Wildman–Crippen LogP) is 1.97. The highest BCUT2D eigenvalue weighted by Crippen LogP contribution is 2.19. The smallest absolute Gasteiger partial charge is 0.152 e. The number of benzene rings is 2. The zero-order valence-electron chi connectivity index (χ0n) is 13.9. The number of nitrogens with one attached hydrogen (secondary N) is 1. The maximum Gasteiger partial charge on any atom is 0.152 e. The molecule has 0 aliphatic rings. The summed E-state index contributed by atoms with van der Waals surface area (Å²) in [5, 5.41) is 14.2. The van der Waals surface area contributed by atoms with E-state index in [1.807, 2.05) is 31.2 Å². The highest BCUT2D eigenvalue weighted by atomic mass is 32.2. The van der Waals surface area contributed by atoms with Crippen LogP contribution < -0.4 is 16.3 Å². The van der Waals surface area contributed by atoms with E-state index >= 15 is 0 Å². The summed E-state index contributed by atoms with van der Waals surface area (Å²) in [6.07, 6.45) is 0. The first-order chi connectivity index (χ1) is 12.0. The van der Waals surface area contributed by atoms with E-state index < -0.39 is 0 Å². The third kappa shape index (κ3) is 5.71. The number of hydrazine groups is 1. The minimum absolute atomic E-state index is 0.0866. The lowest BCUT2D eigenvalue weighted by Gasteiger charge is -2.22. The summed E-state index contributed by atoms with van der Waals surface area (Å²) in [4.78, 5) is 0.995. The minimum Gasteiger partial charge on any atom is -0.395 e. The molecule has 0 saturated heterocycles. The van der Waals surface area contributed by atoms with Crippen molar-refractivity contribution in [2.24, 2.45) is 16.7 Å². The number of aliphatic hydroxyl groups is 1. The van der Waals surface area contributed by atoms with Crippen LogP contribution >= 0.6 is 11.9 Å². The number of hydrogen-bond acceptors (Lipinski definition) is 6. The first-order valence-corrected chi connectivity index (χ1v) is 8.57. The topological polar surface area (TPSA) is 99.9 Å². The Hall–Kier alpha value is -2.13. The third-order valence-electron chi connectivity index (χ3n) is 3.53. The van der Waals surface area contributed by atoms with E-state index in [-0.39, 0.29) is 24.3 Å². The predicted molar refractivity (Wildman–Crippen MR) is 99.0 cm³/mol. The number of rotatable bonds is 8. The molecule has 0 saturated carbocycles. The van der Waals surface area contributed by atoms with Gasteiger partial charge < -0.3 is 10.8 Å². The van der Waals surface area contributed by atoms with Crippen LogP contribution in [-0.2, 0) is 0 Å². The van der Waals surface area contributed by atoms with E-state index in [1.54, 1.807) is 12.1 Å². The van der Waals surface area contributed by atoms with E-state index in [4.69, 9.17) is 16.7 Å². The van der Waals surface area contributed by atoms with E-state index in [0.717, 1.165) is 16.0 Å². The molecule has 0 fully saturated rings. The Kier molecular flexibility index (Phi) is 7.20. The maximum absolute atomic E-state index is 13.0. The lowest BCUT2D eigenvalue weighted by molar-refractivity contribution is 0.227. The van der Waals surface area contributed by atoms with Gasteiger partial charge in [0.05, 0.1) is 12.6 Å². The molecule has 6 N–H and O–H groups in total. The van der Waals surface area contributed by atoms with Crippen LogP contribution in [0.25, 0.3) is 0 Å². The summed E-state index contributed by atoms with van der Waals surface area (Å²) in [7, 11) is 0. The SMILES string of the molecule is CC(c1ccc(F)cc1)N(N)/N=C(\N)c1ccc(SNCCO)cc1. The molecule has 6 nitrogen and oxygen atoms in total. The quantitative estimate of drug-likeness (QED) is 0.143. The Bertz CT molecular complexity index is 693. The van der Waals surface area contributed by atoms with E-state index in [2.05, 4.69) is 9.82 Å². The zero-order chi connectivity index (χ0) is 18.2. The zero-order valence-corrected chi connectivity index (χ0v) is 14.7.